The number of carboxylic acids is 1. The van der Waals surface area contributed by atoms with Gasteiger partial charge in [-0.05, 0) is 74.4 Å². The minimum Gasteiger partial charge on any atom is -0.480 e. The topological polar surface area (TPSA) is 228 Å². The van der Waals surface area contributed by atoms with Gasteiger partial charge in [0.15, 0.2) is 6.61 Å². The molecule has 59 heavy (non-hydrogen) atoms. The van der Waals surface area contributed by atoms with E-state index in [1.165, 1.54) is 42.3 Å². The average molecular weight is 936 g/mol. The number of aromatic nitrogens is 4. The number of hydrogen-bond acceptors (Lipinski definition) is 14. The van der Waals surface area contributed by atoms with Crippen molar-refractivity contribution in [1.29, 1.82) is 0 Å². The number of esters is 1. The fourth-order valence-electron chi connectivity index (χ4n) is 4.65. The summed E-state index contributed by atoms with van der Waals surface area (Å²) in [4.78, 5) is 68.3. The third-order valence-corrected chi connectivity index (χ3v) is 11.0. The Morgan fingerprint density at radius 1 is 1.08 bits per heavy atom. The molecule has 324 valence electrons. The van der Waals surface area contributed by atoms with Crippen LogP contribution in [0.3, 0.4) is 0 Å². The molecule has 0 spiro atoms. The van der Waals surface area contributed by atoms with Gasteiger partial charge >= 0.3 is 30.6 Å². The standard InChI is InChI=1S/C15H15ClFN3O3S2.C14H13F4N3O2S.C3H8NO5P/c1-23-13(21)8-24-12-7-11(10(17)6-9(12)16)18-14-19-4-2-3-5-20(19)15(22)25-14;1-8(2)21(10-5-3-9(15)4-6-10)11(22)7-23-13-20-19-12(24-13)14(16,17)18;5-3(6)1-4-2-10(7,8)9/h6-7H,2-5,8H2,1H3;3-6,8H,7H2,1-2H3;4H,1-2H2,(H,5,6)(H2,7,8,9). The van der Waals surface area contributed by atoms with Crippen molar-refractivity contribution in [2.24, 2.45) is 4.99 Å². The lowest BCUT2D eigenvalue weighted by atomic mass is 10.2. The first-order chi connectivity index (χ1) is 27.6. The lowest BCUT2D eigenvalue weighted by Gasteiger charge is -2.26. The zero-order chi connectivity index (χ0) is 44.1. The van der Waals surface area contributed by atoms with Crippen molar-refractivity contribution < 1.29 is 65.3 Å². The van der Waals surface area contributed by atoms with Crippen LogP contribution in [-0.2, 0) is 43.0 Å². The summed E-state index contributed by atoms with van der Waals surface area (Å²) in [7, 11) is -2.80. The van der Waals surface area contributed by atoms with Gasteiger partial charge in [-0.3, -0.25) is 33.7 Å². The molecule has 0 aliphatic carbocycles. The minimum absolute atomic E-state index is 0.0605. The third-order valence-electron chi connectivity index (χ3n) is 7.13. The molecule has 2 aromatic heterocycles. The first-order valence-electron chi connectivity index (χ1n) is 16.7. The number of carbonyl (C=O) groups is 3. The number of fused-ring (bicyclic) bond motifs is 1. The van der Waals surface area contributed by atoms with Crippen LogP contribution in [0.4, 0.5) is 33.3 Å². The quantitative estimate of drug-likeness (QED) is 0.0592. The molecule has 0 saturated carbocycles. The lowest BCUT2D eigenvalue weighted by Crippen LogP contribution is -2.40. The number of halogens is 6. The van der Waals surface area contributed by atoms with E-state index in [9.17, 15) is 45.7 Å². The van der Waals surface area contributed by atoms with E-state index in [0.717, 1.165) is 42.0 Å². The van der Waals surface area contributed by atoms with Gasteiger partial charge in [-0.2, -0.15) is 13.2 Å². The van der Waals surface area contributed by atoms with Crippen molar-refractivity contribution in [3.63, 3.8) is 0 Å². The molecule has 1 aliphatic rings. The van der Waals surface area contributed by atoms with Crippen molar-refractivity contribution in [3.8, 4) is 5.19 Å². The van der Waals surface area contributed by atoms with Crippen LogP contribution in [-0.4, -0.2) is 90.6 Å². The highest BCUT2D eigenvalue weighted by Crippen LogP contribution is 2.35. The number of aliphatic carboxylic acids is 1. The normalized spacial score (nSPS) is 12.8. The predicted octanol–water partition coefficient (Wildman–Crippen LogP) is 5.11. The minimum atomic E-state index is -4.61. The molecule has 3 heterocycles. The SMILES string of the molecule is CC(C)N(C(=O)COc1nnc(C(F)(F)F)s1)c1ccc(F)cc1.COC(=O)CSc1cc(N=c2sc(=O)n3n2CCCC3)c(F)cc1Cl.O=C(O)CNCP(=O)(O)O. The second-order valence-corrected chi connectivity index (χ2v) is 16.9. The Morgan fingerprint density at radius 2 is 1.73 bits per heavy atom. The predicted molar refractivity (Wildman–Crippen MR) is 207 cm³/mol. The number of rotatable bonds is 13. The number of nitrogens with one attached hydrogen (secondary N) is 1. The van der Waals surface area contributed by atoms with Gasteiger partial charge < -0.3 is 29.3 Å². The molecule has 4 aromatic rings. The van der Waals surface area contributed by atoms with E-state index in [1.54, 1.807) is 23.2 Å². The van der Waals surface area contributed by atoms with Crippen LogP contribution in [0.1, 0.15) is 31.7 Å². The smallest absolute Gasteiger partial charge is 0.445 e. The van der Waals surface area contributed by atoms with Gasteiger partial charge in [-0.1, -0.05) is 28.0 Å². The van der Waals surface area contributed by atoms with E-state index in [0.29, 0.717) is 28.5 Å². The van der Waals surface area contributed by atoms with Gasteiger partial charge in [-0.25, -0.2) is 18.5 Å². The summed E-state index contributed by atoms with van der Waals surface area (Å²) in [6.45, 7) is 3.86. The number of anilines is 1. The van der Waals surface area contributed by atoms with Gasteiger partial charge in [0, 0.05) is 29.7 Å². The second-order valence-electron chi connectivity index (χ2n) is 12.0. The highest BCUT2D eigenvalue weighted by Gasteiger charge is 2.36. The van der Waals surface area contributed by atoms with Crippen LogP contribution in [0.15, 0.2) is 51.1 Å². The Hall–Kier alpha value is -4.23. The van der Waals surface area contributed by atoms with Gasteiger partial charge in [-0.15, -0.1) is 16.9 Å². The van der Waals surface area contributed by atoms with Crippen LogP contribution in [0.2, 0.25) is 5.02 Å². The molecule has 0 saturated heterocycles. The monoisotopic (exact) mass is 935 g/mol. The van der Waals surface area contributed by atoms with Gasteiger partial charge in [0.2, 0.25) is 9.81 Å². The Balaban J connectivity index is 0.000000258. The van der Waals surface area contributed by atoms with Crippen LogP contribution in [0.5, 0.6) is 5.19 Å². The molecule has 27 heteroatoms. The first kappa shape index (κ1) is 49.1. The fourth-order valence-corrected chi connectivity index (χ4v) is 7.60. The Bertz CT molecular complexity index is 2250. The number of thioether (sulfide) groups is 1. The number of ether oxygens (including phenoxy) is 2. The molecule has 17 nitrogen and oxygen atoms in total. The number of amides is 1. The Labute approximate surface area is 348 Å². The summed E-state index contributed by atoms with van der Waals surface area (Å²) in [5.74, 6) is -3.01. The maximum atomic E-state index is 14.3. The van der Waals surface area contributed by atoms with E-state index in [1.807, 2.05) is 0 Å². The number of alkyl halides is 3. The van der Waals surface area contributed by atoms with E-state index in [4.69, 9.17) is 31.2 Å². The van der Waals surface area contributed by atoms with Crippen molar-refractivity contribution in [2.75, 3.05) is 37.2 Å². The molecule has 2 aromatic carbocycles. The second kappa shape index (κ2) is 22.4. The van der Waals surface area contributed by atoms with Gasteiger partial charge in [0.05, 0.1) is 30.7 Å². The van der Waals surface area contributed by atoms with E-state index in [-0.39, 0.29) is 43.9 Å². The third kappa shape index (κ3) is 16.0. The summed E-state index contributed by atoms with van der Waals surface area (Å²) >= 11 is 8.38. The maximum absolute atomic E-state index is 14.3. The zero-order valence-corrected chi connectivity index (χ0v) is 35.1. The summed E-state index contributed by atoms with van der Waals surface area (Å²) < 4.78 is 87.6. The molecule has 5 rings (SSSR count). The molecule has 1 aliphatic heterocycles. The Morgan fingerprint density at radius 3 is 2.29 bits per heavy atom. The van der Waals surface area contributed by atoms with Gasteiger partial charge in [0.1, 0.15) is 17.3 Å². The van der Waals surface area contributed by atoms with Crippen molar-refractivity contribution in [3.05, 3.63) is 72.5 Å². The molecule has 4 N–H and O–H groups in total. The zero-order valence-electron chi connectivity index (χ0n) is 31.0. The number of carboxylic acid groups (broad SMARTS) is 1. The van der Waals surface area contributed by atoms with Crippen LogP contribution < -0.4 is 24.6 Å². The molecule has 0 radical (unpaired) electrons. The average Bonchev–Trinajstić information content (AvgIpc) is 3.77. The molecule has 0 unspecified atom stereocenters. The highest BCUT2D eigenvalue weighted by molar-refractivity contribution is 8.00. The van der Waals surface area contributed by atoms with Crippen LogP contribution in [0, 0.1) is 11.6 Å². The number of methoxy groups -OCH3 is 1. The van der Waals surface area contributed by atoms with E-state index in [2.05, 4.69) is 25.2 Å². The fraction of sp³-hybridized carbons (Fsp3) is 0.406. The maximum Gasteiger partial charge on any atom is 0.445 e. The summed E-state index contributed by atoms with van der Waals surface area (Å²) in [6, 6.07) is 7.66. The molecular formula is C32H36ClF5N7O10PS3. The van der Waals surface area contributed by atoms with Crippen molar-refractivity contribution >= 4 is 82.9 Å². The molecule has 0 fully saturated rings. The number of carbonyl (C=O) groups excluding carboxylic acids is 2. The van der Waals surface area contributed by atoms with Crippen LogP contribution >= 0.6 is 53.6 Å². The number of benzene rings is 2. The molecule has 0 bridgehead atoms. The Kier molecular flexibility index (Phi) is 18.6. The first-order valence-corrected chi connectivity index (χ1v) is 21.5. The number of hydrogen-bond donors (Lipinski definition) is 4. The van der Waals surface area contributed by atoms with Crippen molar-refractivity contribution in [1.82, 2.24) is 24.9 Å². The van der Waals surface area contributed by atoms with E-state index >= 15 is 0 Å². The number of nitrogens with zero attached hydrogens (tertiary/aromatic N) is 6. The largest absolute Gasteiger partial charge is 0.480 e. The van der Waals surface area contributed by atoms with E-state index < -0.39 is 67.7 Å². The summed E-state index contributed by atoms with van der Waals surface area (Å²) in [6.07, 6.45) is -3.31. The molecule has 0 atom stereocenters. The molecule has 1 amide bonds. The van der Waals surface area contributed by atoms with Gasteiger partial charge in [0.25, 0.3) is 11.1 Å². The van der Waals surface area contributed by atoms with Crippen LogP contribution in [0.25, 0.3) is 0 Å². The summed E-state index contributed by atoms with van der Waals surface area (Å²) in [5, 5.41) is 15.0. The lowest BCUT2D eigenvalue weighted by molar-refractivity contribution is -0.138. The molecular weight excluding hydrogens is 900 g/mol. The van der Waals surface area contributed by atoms with Crippen molar-refractivity contribution in [2.45, 2.75) is 56.9 Å². The highest BCUT2D eigenvalue weighted by atomic mass is 35.5. The summed E-state index contributed by atoms with van der Waals surface area (Å²) in [5.41, 5.74) is 0.535.